The van der Waals surface area contributed by atoms with Gasteiger partial charge in [0.2, 0.25) is 5.16 Å². The van der Waals surface area contributed by atoms with E-state index in [1.807, 2.05) is 18.3 Å². The third kappa shape index (κ3) is 6.89. The van der Waals surface area contributed by atoms with Crippen molar-refractivity contribution in [3.8, 4) is 5.75 Å². The lowest BCUT2D eigenvalue weighted by Gasteiger charge is -2.33. The van der Waals surface area contributed by atoms with Gasteiger partial charge in [-0.1, -0.05) is 58.5 Å². The highest BCUT2D eigenvalue weighted by Crippen LogP contribution is 2.40. The summed E-state index contributed by atoms with van der Waals surface area (Å²) < 4.78 is 13.0. The van der Waals surface area contributed by atoms with Gasteiger partial charge in [0.05, 0.1) is 38.0 Å². The predicted octanol–water partition coefficient (Wildman–Crippen LogP) is 5.40. The van der Waals surface area contributed by atoms with E-state index in [9.17, 15) is 4.79 Å². The number of methoxy groups -OCH3 is 1. The molecular weight excluding hydrogens is 510 g/mol. The van der Waals surface area contributed by atoms with Crippen molar-refractivity contribution < 1.29 is 14.3 Å². The normalized spacial score (nSPS) is 14.3. The van der Waals surface area contributed by atoms with Gasteiger partial charge in [0.15, 0.2) is 5.78 Å². The first-order valence-corrected chi connectivity index (χ1v) is 14.5. The number of nitrogens with zero attached hydrogens (tertiary/aromatic N) is 5. The summed E-state index contributed by atoms with van der Waals surface area (Å²) in [6.45, 7) is 13.6. The Bertz CT molecular complexity index is 1320. The molecule has 0 saturated carbocycles. The highest BCUT2D eigenvalue weighted by molar-refractivity contribution is 7.99. The Morgan fingerprint density at radius 3 is 2.54 bits per heavy atom. The zero-order valence-corrected chi connectivity index (χ0v) is 24.7. The number of rotatable bonds is 10. The lowest BCUT2D eigenvalue weighted by atomic mass is 9.84. The highest BCUT2D eigenvalue weighted by Gasteiger charge is 2.27. The van der Waals surface area contributed by atoms with Gasteiger partial charge in [-0.15, -0.1) is 10.2 Å². The molecule has 208 valence electrons. The Morgan fingerprint density at radius 1 is 1.13 bits per heavy atom. The lowest BCUT2D eigenvalue weighted by Crippen LogP contribution is -2.37. The topological polar surface area (TPSA) is 81.8 Å². The molecule has 1 saturated heterocycles. The molecule has 0 atom stereocenters. The molecule has 0 amide bonds. The summed E-state index contributed by atoms with van der Waals surface area (Å²) in [6.07, 6.45) is 5.37. The van der Waals surface area contributed by atoms with E-state index in [0.717, 1.165) is 48.5 Å². The molecule has 2 aromatic carbocycles. The Hall–Kier alpha value is -3.17. The zero-order valence-electron chi connectivity index (χ0n) is 23.9. The van der Waals surface area contributed by atoms with Gasteiger partial charge in [-0.05, 0) is 53.1 Å². The second-order valence-electron chi connectivity index (χ2n) is 10.6. The van der Waals surface area contributed by atoms with Crippen molar-refractivity contribution in [2.45, 2.75) is 58.0 Å². The molecule has 2 heterocycles. The number of carbonyl (C=O) groups is 1. The number of ketones is 1. The average molecular weight is 550 g/mol. The molecule has 3 aromatic rings. The van der Waals surface area contributed by atoms with Gasteiger partial charge < -0.3 is 14.4 Å². The molecule has 0 radical (unpaired) electrons. The minimum atomic E-state index is -0.197. The number of ether oxygens (including phenoxy) is 2. The molecule has 0 N–H and O–H groups in total. The van der Waals surface area contributed by atoms with Gasteiger partial charge in [0, 0.05) is 24.2 Å². The highest BCUT2D eigenvalue weighted by atomic mass is 32.2. The van der Waals surface area contributed by atoms with Crippen molar-refractivity contribution in [3.63, 3.8) is 0 Å². The number of carbonyl (C=O) groups excluding carboxylic acids is 1. The third-order valence-electron chi connectivity index (χ3n) is 6.91. The summed E-state index contributed by atoms with van der Waals surface area (Å²) in [5.41, 5.74) is 6.12. The van der Waals surface area contributed by atoms with Crippen molar-refractivity contribution in [3.05, 3.63) is 64.5 Å². The minimum absolute atomic E-state index is 0.0175. The third-order valence-corrected chi connectivity index (χ3v) is 7.84. The van der Waals surface area contributed by atoms with Gasteiger partial charge in [-0.25, -0.2) is 0 Å². The van der Waals surface area contributed by atoms with Crippen molar-refractivity contribution in [1.82, 2.24) is 14.9 Å². The van der Waals surface area contributed by atoms with Crippen LogP contribution < -0.4 is 9.64 Å². The second-order valence-corrected chi connectivity index (χ2v) is 11.5. The van der Waals surface area contributed by atoms with Gasteiger partial charge >= 0.3 is 0 Å². The number of aryl methyl sites for hydroxylation is 2. The maximum Gasteiger partial charge on any atom is 0.212 e. The van der Waals surface area contributed by atoms with Crippen LogP contribution in [0.25, 0.3) is 0 Å². The van der Waals surface area contributed by atoms with E-state index in [0.29, 0.717) is 23.9 Å². The molecule has 0 aliphatic carbocycles. The Morgan fingerprint density at radius 2 is 1.87 bits per heavy atom. The number of anilines is 1. The number of hydrogen-bond donors (Lipinski definition) is 0. The van der Waals surface area contributed by atoms with Gasteiger partial charge in [0.1, 0.15) is 12.1 Å². The average Bonchev–Trinajstić information content (AvgIpc) is 3.41. The van der Waals surface area contributed by atoms with Crippen LogP contribution in [0.4, 0.5) is 5.69 Å². The van der Waals surface area contributed by atoms with Crippen LogP contribution in [0.15, 0.2) is 46.9 Å². The molecule has 1 aliphatic heterocycles. The van der Waals surface area contributed by atoms with Crippen LogP contribution in [-0.4, -0.2) is 66.0 Å². The molecule has 4 rings (SSSR count). The quantitative estimate of drug-likeness (QED) is 0.190. The van der Waals surface area contributed by atoms with E-state index in [1.165, 1.54) is 22.9 Å². The molecule has 1 fully saturated rings. The number of aromatic nitrogens is 3. The molecule has 39 heavy (non-hydrogen) atoms. The fourth-order valence-electron chi connectivity index (χ4n) is 4.72. The number of hydrogen-bond acceptors (Lipinski definition) is 8. The maximum atomic E-state index is 13.5. The van der Waals surface area contributed by atoms with Crippen LogP contribution in [0.5, 0.6) is 5.75 Å². The minimum Gasteiger partial charge on any atom is -0.494 e. The smallest absolute Gasteiger partial charge is 0.212 e. The fraction of sp³-hybridized carbons (Fsp3) is 0.467. The van der Waals surface area contributed by atoms with Crippen LogP contribution >= 0.6 is 11.8 Å². The van der Waals surface area contributed by atoms with E-state index < -0.39 is 0 Å². The second kappa shape index (κ2) is 12.8. The maximum absolute atomic E-state index is 13.5. The van der Waals surface area contributed by atoms with Crippen molar-refractivity contribution in [2.75, 3.05) is 44.1 Å². The molecule has 8 nitrogen and oxygen atoms in total. The van der Waals surface area contributed by atoms with E-state index >= 15 is 0 Å². The summed E-state index contributed by atoms with van der Waals surface area (Å²) in [6, 6.07) is 10.3. The first-order valence-electron chi connectivity index (χ1n) is 13.5. The van der Waals surface area contributed by atoms with E-state index in [-0.39, 0.29) is 17.0 Å². The monoisotopic (exact) mass is 549 g/mol. The van der Waals surface area contributed by atoms with Crippen LogP contribution in [-0.2, 0) is 23.0 Å². The Labute approximate surface area is 235 Å². The largest absolute Gasteiger partial charge is 0.494 e. The van der Waals surface area contributed by atoms with Crippen molar-refractivity contribution in [2.24, 2.45) is 5.10 Å². The Balaban J connectivity index is 1.54. The Kier molecular flexibility index (Phi) is 9.45. The number of Topliss-reactive ketones (excluding diaryl/α,β-unsaturated/α-hetero) is 1. The van der Waals surface area contributed by atoms with Gasteiger partial charge in [-0.2, -0.15) is 9.78 Å². The standard InChI is InChI=1S/C30H39N5O3S/c1-7-22-10-9-21(15-23(22)8-2)18-32-35-20-31-33-29(35)39-19-27(36)24-16-25(30(3,4)5)28(37-6)26(17-24)34-11-13-38-14-12-34/h9-10,15-18,20H,7-8,11-14,19H2,1-6H3/b32-18+. The number of benzene rings is 2. The van der Waals surface area contributed by atoms with Gasteiger partial charge in [0.25, 0.3) is 0 Å². The predicted molar refractivity (Wildman–Crippen MR) is 158 cm³/mol. The molecule has 1 aromatic heterocycles. The molecule has 0 spiro atoms. The summed E-state index contributed by atoms with van der Waals surface area (Å²) >= 11 is 1.33. The van der Waals surface area contributed by atoms with Crippen molar-refractivity contribution in [1.29, 1.82) is 0 Å². The summed E-state index contributed by atoms with van der Waals surface area (Å²) in [4.78, 5) is 15.7. The van der Waals surface area contributed by atoms with E-state index in [4.69, 9.17) is 9.47 Å². The molecule has 1 aliphatic rings. The van der Waals surface area contributed by atoms with Crippen LogP contribution in [0.1, 0.15) is 67.2 Å². The summed E-state index contributed by atoms with van der Waals surface area (Å²) in [5.74, 6) is 1.06. The van der Waals surface area contributed by atoms with E-state index in [2.05, 4.69) is 73.0 Å². The van der Waals surface area contributed by atoms with Crippen LogP contribution in [0.3, 0.4) is 0 Å². The number of thioether (sulfide) groups is 1. The first kappa shape index (κ1) is 28.8. The fourth-order valence-corrected chi connectivity index (χ4v) is 5.48. The van der Waals surface area contributed by atoms with Gasteiger partial charge in [-0.3, -0.25) is 4.79 Å². The number of morpholine rings is 1. The SMILES string of the molecule is CCc1ccc(/C=N/n2cnnc2SCC(=O)c2cc(N3CCOCC3)c(OC)c(C(C)(C)C)c2)cc1CC. The lowest BCUT2D eigenvalue weighted by molar-refractivity contribution is 0.102. The molecular formula is C30H39N5O3S. The summed E-state index contributed by atoms with van der Waals surface area (Å²) in [5, 5.41) is 13.4. The molecule has 0 unspecified atom stereocenters. The zero-order chi connectivity index (χ0) is 28.0. The molecule has 0 bridgehead atoms. The van der Waals surface area contributed by atoms with E-state index in [1.54, 1.807) is 18.1 Å². The van der Waals surface area contributed by atoms with Crippen LogP contribution in [0, 0.1) is 0 Å². The first-order chi connectivity index (χ1) is 18.7. The molecule has 9 heteroatoms. The van der Waals surface area contributed by atoms with Crippen molar-refractivity contribution >= 4 is 29.4 Å². The van der Waals surface area contributed by atoms with Crippen LogP contribution in [0.2, 0.25) is 0 Å². The summed E-state index contributed by atoms with van der Waals surface area (Å²) in [7, 11) is 1.69.